The Labute approximate surface area is 146 Å². The molecule has 7 nitrogen and oxygen atoms in total. The number of hydrogen-bond donors (Lipinski definition) is 2. The number of non-ortho nitro benzene ring substituents is 1. The lowest BCUT2D eigenvalue weighted by atomic mass is 10.2. The molecule has 0 saturated carbocycles. The van der Waals surface area contributed by atoms with E-state index in [0.717, 1.165) is 25.7 Å². The van der Waals surface area contributed by atoms with Gasteiger partial charge in [-0.15, -0.1) is 0 Å². The number of ether oxygens (including phenoxy) is 2. The van der Waals surface area contributed by atoms with E-state index in [1.807, 2.05) is 0 Å². The summed E-state index contributed by atoms with van der Waals surface area (Å²) in [6.45, 7) is 1.20. The van der Waals surface area contributed by atoms with Gasteiger partial charge in [0.2, 0.25) is 0 Å². The van der Waals surface area contributed by atoms with Crippen LogP contribution in [0.1, 0.15) is 25.7 Å². The van der Waals surface area contributed by atoms with Gasteiger partial charge < -0.3 is 20.9 Å². The minimum absolute atomic E-state index is 0.0640. The number of hydrogen-bond acceptors (Lipinski definition) is 6. The van der Waals surface area contributed by atoms with Crippen LogP contribution in [0.2, 0.25) is 0 Å². The smallest absolute Gasteiger partial charge is 0.269 e. The first kappa shape index (κ1) is 18.4. The Balaban J connectivity index is 1.54. The SMILES string of the molecule is Nc1ccc(OCCCCCCOc2ccc([N+](=O)[O-])cc2)c(N)c1. The van der Waals surface area contributed by atoms with Crippen LogP contribution in [0.4, 0.5) is 17.1 Å². The fraction of sp³-hybridized carbons (Fsp3) is 0.333. The summed E-state index contributed by atoms with van der Waals surface area (Å²) in [5, 5.41) is 10.6. The lowest BCUT2D eigenvalue weighted by Crippen LogP contribution is -2.02. The maximum Gasteiger partial charge on any atom is 0.269 e. The van der Waals surface area contributed by atoms with Gasteiger partial charge in [-0.05, 0) is 56.0 Å². The van der Waals surface area contributed by atoms with E-state index >= 15 is 0 Å². The van der Waals surface area contributed by atoms with Crippen molar-refractivity contribution in [3.05, 3.63) is 52.6 Å². The molecule has 0 unspecified atom stereocenters. The number of nitro benzene ring substituents is 1. The zero-order valence-corrected chi connectivity index (χ0v) is 14.0. The summed E-state index contributed by atoms with van der Waals surface area (Å²) in [5.74, 6) is 1.31. The van der Waals surface area contributed by atoms with Gasteiger partial charge in [0.1, 0.15) is 11.5 Å². The zero-order valence-electron chi connectivity index (χ0n) is 14.0. The van der Waals surface area contributed by atoms with Crippen LogP contribution in [0.25, 0.3) is 0 Å². The molecular formula is C18H23N3O4. The van der Waals surface area contributed by atoms with Gasteiger partial charge in [-0.3, -0.25) is 10.1 Å². The van der Waals surface area contributed by atoms with Crippen molar-refractivity contribution in [2.45, 2.75) is 25.7 Å². The predicted molar refractivity (Wildman–Crippen MR) is 97.8 cm³/mol. The second-order valence-corrected chi connectivity index (χ2v) is 5.66. The molecule has 0 amide bonds. The Kier molecular flexibility index (Phi) is 6.88. The van der Waals surface area contributed by atoms with Crippen molar-refractivity contribution in [2.24, 2.45) is 0 Å². The molecule has 0 aromatic heterocycles. The van der Waals surface area contributed by atoms with Crippen LogP contribution in [0, 0.1) is 10.1 Å². The molecule has 0 saturated heterocycles. The number of nitrogens with zero attached hydrogens (tertiary/aromatic N) is 1. The van der Waals surface area contributed by atoms with Crippen molar-refractivity contribution >= 4 is 17.1 Å². The second-order valence-electron chi connectivity index (χ2n) is 5.66. The van der Waals surface area contributed by atoms with Crippen molar-refractivity contribution in [3.63, 3.8) is 0 Å². The Bertz CT molecular complexity index is 689. The van der Waals surface area contributed by atoms with Crippen LogP contribution in [0.5, 0.6) is 11.5 Å². The highest BCUT2D eigenvalue weighted by molar-refractivity contribution is 5.60. The summed E-state index contributed by atoms with van der Waals surface area (Å²) in [5.41, 5.74) is 12.7. The van der Waals surface area contributed by atoms with Gasteiger partial charge in [0.25, 0.3) is 5.69 Å². The van der Waals surface area contributed by atoms with E-state index in [2.05, 4.69) is 0 Å². The molecule has 7 heteroatoms. The Morgan fingerprint density at radius 2 is 1.52 bits per heavy atom. The molecule has 0 spiro atoms. The number of unbranched alkanes of at least 4 members (excludes halogenated alkanes) is 3. The van der Waals surface area contributed by atoms with Crippen molar-refractivity contribution in [1.29, 1.82) is 0 Å². The Morgan fingerprint density at radius 3 is 2.12 bits per heavy atom. The third kappa shape index (κ3) is 6.21. The van der Waals surface area contributed by atoms with Crippen molar-refractivity contribution in [1.82, 2.24) is 0 Å². The fourth-order valence-corrected chi connectivity index (χ4v) is 2.29. The molecule has 2 aromatic carbocycles. The maximum atomic E-state index is 10.6. The summed E-state index contributed by atoms with van der Waals surface area (Å²) in [7, 11) is 0. The van der Waals surface area contributed by atoms with Gasteiger partial charge in [-0.2, -0.15) is 0 Å². The molecule has 0 fully saturated rings. The predicted octanol–water partition coefficient (Wildman–Crippen LogP) is 3.78. The largest absolute Gasteiger partial charge is 0.494 e. The van der Waals surface area contributed by atoms with Crippen molar-refractivity contribution in [2.75, 3.05) is 24.7 Å². The van der Waals surface area contributed by atoms with Crippen LogP contribution in [-0.2, 0) is 0 Å². The minimum Gasteiger partial charge on any atom is -0.494 e. The zero-order chi connectivity index (χ0) is 18.1. The summed E-state index contributed by atoms with van der Waals surface area (Å²) < 4.78 is 11.2. The number of nitrogens with two attached hydrogens (primary N) is 2. The number of rotatable bonds is 10. The maximum absolute atomic E-state index is 10.6. The average Bonchev–Trinajstić information content (AvgIpc) is 2.59. The molecule has 25 heavy (non-hydrogen) atoms. The molecule has 0 aliphatic rings. The van der Waals surface area contributed by atoms with E-state index in [1.165, 1.54) is 12.1 Å². The topological polar surface area (TPSA) is 114 Å². The van der Waals surface area contributed by atoms with Crippen molar-refractivity contribution in [3.8, 4) is 11.5 Å². The molecule has 0 atom stereocenters. The monoisotopic (exact) mass is 345 g/mol. The Morgan fingerprint density at radius 1 is 0.880 bits per heavy atom. The van der Waals surface area contributed by atoms with E-state index < -0.39 is 4.92 Å². The lowest BCUT2D eigenvalue weighted by Gasteiger charge is -2.09. The summed E-state index contributed by atoms with van der Waals surface area (Å²) in [6, 6.07) is 11.3. The highest BCUT2D eigenvalue weighted by atomic mass is 16.6. The van der Waals surface area contributed by atoms with E-state index in [1.54, 1.807) is 30.3 Å². The summed E-state index contributed by atoms with van der Waals surface area (Å²) >= 11 is 0. The number of benzene rings is 2. The van der Waals surface area contributed by atoms with Crippen LogP contribution >= 0.6 is 0 Å². The molecule has 2 rings (SSSR count). The van der Waals surface area contributed by atoms with Gasteiger partial charge in [0, 0.05) is 17.8 Å². The molecule has 0 bridgehead atoms. The third-order valence-electron chi connectivity index (χ3n) is 3.65. The molecular weight excluding hydrogens is 322 g/mol. The van der Waals surface area contributed by atoms with Gasteiger partial charge in [0.05, 0.1) is 23.8 Å². The van der Waals surface area contributed by atoms with Gasteiger partial charge in [-0.1, -0.05) is 0 Å². The average molecular weight is 345 g/mol. The molecule has 134 valence electrons. The third-order valence-corrected chi connectivity index (χ3v) is 3.65. The molecule has 0 aliphatic carbocycles. The minimum atomic E-state index is -0.427. The Hall–Kier alpha value is -2.96. The van der Waals surface area contributed by atoms with Crippen LogP contribution in [0.15, 0.2) is 42.5 Å². The molecule has 4 N–H and O–H groups in total. The first-order valence-corrected chi connectivity index (χ1v) is 8.21. The quantitative estimate of drug-likeness (QED) is 0.293. The van der Waals surface area contributed by atoms with Gasteiger partial charge >= 0.3 is 0 Å². The highest BCUT2D eigenvalue weighted by Gasteiger charge is 2.04. The van der Waals surface area contributed by atoms with E-state index in [4.69, 9.17) is 20.9 Å². The van der Waals surface area contributed by atoms with Crippen LogP contribution in [-0.4, -0.2) is 18.1 Å². The molecule has 0 radical (unpaired) electrons. The van der Waals surface area contributed by atoms with E-state index in [-0.39, 0.29) is 5.69 Å². The fourth-order valence-electron chi connectivity index (χ4n) is 2.29. The standard InChI is InChI=1S/C18H23N3O4/c19-14-5-10-18(17(20)13-14)25-12-4-2-1-3-11-24-16-8-6-15(7-9-16)21(22)23/h5-10,13H,1-4,11-12,19-20H2. The van der Waals surface area contributed by atoms with Crippen LogP contribution < -0.4 is 20.9 Å². The molecule has 0 aliphatic heterocycles. The summed E-state index contributed by atoms with van der Waals surface area (Å²) in [4.78, 5) is 10.1. The number of anilines is 2. The van der Waals surface area contributed by atoms with Gasteiger partial charge in [0.15, 0.2) is 0 Å². The first-order valence-electron chi connectivity index (χ1n) is 8.21. The first-order chi connectivity index (χ1) is 12.1. The molecule has 2 aromatic rings. The van der Waals surface area contributed by atoms with E-state index in [0.29, 0.717) is 36.1 Å². The number of nitrogen functional groups attached to an aromatic ring is 2. The highest BCUT2D eigenvalue weighted by Crippen LogP contribution is 2.23. The van der Waals surface area contributed by atoms with Crippen molar-refractivity contribution < 1.29 is 14.4 Å². The van der Waals surface area contributed by atoms with Gasteiger partial charge in [-0.25, -0.2) is 0 Å². The second kappa shape index (κ2) is 9.36. The van der Waals surface area contributed by atoms with E-state index in [9.17, 15) is 10.1 Å². The lowest BCUT2D eigenvalue weighted by molar-refractivity contribution is -0.384. The summed E-state index contributed by atoms with van der Waals surface area (Å²) in [6.07, 6.45) is 3.90. The number of nitro groups is 1. The van der Waals surface area contributed by atoms with Crippen LogP contribution in [0.3, 0.4) is 0 Å². The molecule has 0 heterocycles. The normalized spacial score (nSPS) is 10.4.